The summed E-state index contributed by atoms with van der Waals surface area (Å²) in [5.41, 5.74) is 0.995. The Hall–Kier alpha value is -1.82. The highest BCUT2D eigenvalue weighted by Crippen LogP contribution is 2.30. The van der Waals surface area contributed by atoms with Gasteiger partial charge in [-0.15, -0.1) is 0 Å². The Morgan fingerprint density at radius 2 is 2.11 bits per heavy atom. The van der Waals surface area contributed by atoms with Crippen molar-refractivity contribution >= 4 is 0 Å². The van der Waals surface area contributed by atoms with Gasteiger partial charge in [0.05, 0.1) is 13.3 Å². The Balaban J connectivity index is 2.54. The van der Waals surface area contributed by atoms with Crippen LogP contribution in [0.5, 0.6) is 5.75 Å². The van der Waals surface area contributed by atoms with Gasteiger partial charge in [-0.25, -0.2) is 4.98 Å². The van der Waals surface area contributed by atoms with E-state index in [-0.39, 0.29) is 12.1 Å². The van der Waals surface area contributed by atoms with Crippen LogP contribution in [0.1, 0.15) is 37.4 Å². The fourth-order valence-electron chi connectivity index (χ4n) is 2.24. The quantitative estimate of drug-likeness (QED) is 0.888. The van der Waals surface area contributed by atoms with E-state index in [1.807, 2.05) is 29.5 Å². The number of aryl methyl sites for hydroxylation is 1. The maximum Gasteiger partial charge on any atom is 0.162 e. The second kappa shape index (κ2) is 5.44. The number of nitrogens with one attached hydrogen (secondary N) is 1. The predicted octanol–water partition coefficient (Wildman–Crippen LogP) is 1.51. The molecule has 104 valence electrons. The molecule has 0 bridgehead atoms. The second-order valence-corrected chi connectivity index (χ2v) is 4.75. The molecule has 2 aromatic heterocycles. The summed E-state index contributed by atoms with van der Waals surface area (Å²) >= 11 is 0. The molecule has 0 fully saturated rings. The highest BCUT2D eigenvalue weighted by Gasteiger charge is 2.26. The first-order valence-corrected chi connectivity index (χ1v) is 6.36. The van der Waals surface area contributed by atoms with Gasteiger partial charge in [-0.2, -0.15) is 5.10 Å². The normalized spacial score (nSPS) is 12.9. The summed E-state index contributed by atoms with van der Waals surface area (Å²) in [5.74, 6) is 1.71. The molecule has 2 aromatic rings. The molecule has 0 aromatic carbocycles. The number of imidazole rings is 1. The molecule has 2 rings (SSSR count). The highest BCUT2D eigenvalue weighted by atomic mass is 16.5. The third-order valence-electron chi connectivity index (χ3n) is 3.19. The first kappa shape index (κ1) is 13.6. The van der Waals surface area contributed by atoms with Crippen molar-refractivity contribution in [2.24, 2.45) is 7.05 Å². The zero-order valence-corrected chi connectivity index (χ0v) is 12.1. The second-order valence-electron chi connectivity index (χ2n) is 4.75. The van der Waals surface area contributed by atoms with Crippen LogP contribution < -0.4 is 10.1 Å². The van der Waals surface area contributed by atoms with E-state index >= 15 is 0 Å². The Morgan fingerprint density at radius 3 is 2.58 bits per heavy atom. The van der Waals surface area contributed by atoms with E-state index in [0.29, 0.717) is 0 Å². The molecule has 1 atom stereocenters. The van der Waals surface area contributed by atoms with Gasteiger partial charge in [-0.3, -0.25) is 4.68 Å². The summed E-state index contributed by atoms with van der Waals surface area (Å²) in [6.45, 7) is 4.20. The molecule has 0 amide bonds. The van der Waals surface area contributed by atoms with Gasteiger partial charge in [0, 0.05) is 25.5 Å². The molecular weight excluding hydrogens is 242 g/mol. The van der Waals surface area contributed by atoms with Crippen LogP contribution in [0.2, 0.25) is 0 Å². The van der Waals surface area contributed by atoms with Crippen molar-refractivity contribution in [3.05, 3.63) is 30.1 Å². The Labute approximate surface area is 113 Å². The molecule has 0 radical (unpaired) electrons. The van der Waals surface area contributed by atoms with Gasteiger partial charge in [-0.1, -0.05) is 0 Å². The minimum atomic E-state index is -0.0557. The van der Waals surface area contributed by atoms with Crippen molar-refractivity contribution < 1.29 is 4.74 Å². The van der Waals surface area contributed by atoms with Crippen molar-refractivity contribution in [2.45, 2.75) is 25.9 Å². The van der Waals surface area contributed by atoms with Gasteiger partial charge in [0.15, 0.2) is 5.75 Å². The van der Waals surface area contributed by atoms with E-state index in [9.17, 15) is 0 Å². The van der Waals surface area contributed by atoms with E-state index < -0.39 is 0 Å². The van der Waals surface area contributed by atoms with Crippen LogP contribution >= 0.6 is 0 Å². The number of rotatable bonds is 5. The van der Waals surface area contributed by atoms with E-state index in [2.05, 4.69) is 29.2 Å². The average molecular weight is 263 g/mol. The zero-order valence-electron chi connectivity index (χ0n) is 12.1. The van der Waals surface area contributed by atoms with E-state index in [1.54, 1.807) is 19.5 Å². The van der Waals surface area contributed by atoms with Crippen molar-refractivity contribution in [2.75, 3.05) is 14.2 Å². The summed E-state index contributed by atoms with van der Waals surface area (Å²) in [6.07, 6.45) is 5.48. The van der Waals surface area contributed by atoms with Gasteiger partial charge in [-0.05, 0) is 20.9 Å². The number of methoxy groups -OCH3 is 1. The van der Waals surface area contributed by atoms with Gasteiger partial charge in [0.2, 0.25) is 0 Å². The molecule has 2 heterocycles. The molecule has 6 heteroatoms. The summed E-state index contributed by atoms with van der Waals surface area (Å²) < 4.78 is 9.40. The summed E-state index contributed by atoms with van der Waals surface area (Å²) in [6, 6.07) is 0.204. The molecule has 0 spiro atoms. The molecule has 0 saturated carbocycles. The maximum absolute atomic E-state index is 5.44. The lowest BCUT2D eigenvalue weighted by atomic mass is 10.1. The third kappa shape index (κ3) is 2.35. The predicted molar refractivity (Wildman–Crippen MR) is 73.3 cm³/mol. The number of nitrogens with zero attached hydrogens (tertiary/aromatic N) is 4. The molecule has 1 N–H and O–H groups in total. The molecule has 1 unspecified atom stereocenters. The monoisotopic (exact) mass is 263 g/mol. The lowest BCUT2D eigenvalue weighted by Crippen LogP contribution is -2.25. The van der Waals surface area contributed by atoms with Gasteiger partial charge in [0.25, 0.3) is 0 Å². The van der Waals surface area contributed by atoms with Crippen molar-refractivity contribution in [1.82, 2.24) is 24.6 Å². The van der Waals surface area contributed by atoms with Crippen LogP contribution in [0.4, 0.5) is 0 Å². The standard InChI is InChI=1S/C13H21N5O/c1-9(2)18-12(10(19-5)8-16-18)11(14-3)13-15-6-7-17(13)4/h6-9,11,14H,1-5H3. The van der Waals surface area contributed by atoms with Crippen molar-refractivity contribution in [3.8, 4) is 5.75 Å². The molecule has 6 nitrogen and oxygen atoms in total. The molecular formula is C13H21N5O. The lowest BCUT2D eigenvalue weighted by molar-refractivity contribution is 0.393. The van der Waals surface area contributed by atoms with Gasteiger partial charge in [0.1, 0.15) is 17.6 Å². The average Bonchev–Trinajstić information content (AvgIpc) is 2.98. The van der Waals surface area contributed by atoms with Crippen molar-refractivity contribution in [1.29, 1.82) is 0 Å². The smallest absolute Gasteiger partial charge is 0.162 e. The summed E-state index contributed by atoms with van der Waals surface area (Å²) in [4.78, 5) is 4.42. The highest BCUT2D eigenvalue weighted by molar-refractivity contribution is 5.32. The van der Waals surface area contributed by atoms with Crippen LogP contribution in [0.3, 0.4) is 0 Å². The molecule has 0 saturated heterocycles. The minimum absolute atomic E-state index is 0.0557. The van der Waals surface area contributed by atoms with Gasteiger partial charge < -0.3 is 14.6 Å². The number of hydrogen-bond acceptors (Lipinski definition) is 4. The Kier molecular flexibility index (Phi) is 3.90. The molecule has 19 heavy (non-hydrogen) atoms. The molecule has 0 aliphatic rings. The van der Waals surface area contributed by atoms with E-state index in [4.69, 9.17) is 4.74 Å². The SMILES string of the molecule is CNC(c1nccn1C)c1c(OC)cnn1C(C)C. The number of aromatic nitrogens is 4. The van der Waals surface area contributed by atoms with Crippen LogP contribution in [0.25, 0.3) is 0 Å². The van der Waals surface area contributed by atoms with Gasteiger partial charge >= 0.3 is 0 Å². The molecule has 0 aliphatic carbocycles. The first-order chi connectivity index (χ1) is 9.10. The molecule has 0 aliphatic heterocycles. The first-order valence-electron chi connectivity index (χ1n) is 6.36. The minimum Gasteiger partial charge on any atom is -0.493 e. The fourth-order valence-corrected chi connectivity index (χ4v) is 2.24. The van der Waals surface area contributed by atoms with E-state index in [1.165, 1.54) is 0 Å². The fraction of sp³-hybridized carbons (Fsp3) is 0.538. The number of ether oxygens (including phenoxy) is 1. The van der Waals surface area contributed by atoms with Crippen LogP contribution in [0, 0.1) is 0 Å². The van der Waals surface area contributed by atoms with E-state index in [0.717, 1.165) is 17.3 Å². The van der Waals surface area contributed by atoms with Crippen LogP contribution in [0.15, 0.2) is 18.6 Å². The van der Waals surface area contributed by atoms with Crippen molar-refractivity contribution in [3.63, 3.8) is 0 Å². The summed E-state index contributed by atoms with van der Waals surface area (Å²) in [7, 11) is 5.56. The maximum atomic E-state index is 5.44. The van der Waals surface area contributed by atoms with Crippen LogP contribution in [-0.4, -0.2) is 33.5 Å². The third-order valence-corrected chi connectivity index (χ3v) is 3.19. The topological polar surface area (TPSA) is 56.9 Å². The van der Waals surface area contributed by atoms with Crippen LogP contribution in [-0.2, 0) is 7.05 Å². The number of hydrogen-bond donors (Lipinski definition) is 1. The largest absolute Gasteiger partial charge is 0.493 e. The Morgan fingerprint density at radius 1 is 1.37 bits per heavy atom. The summed E-state index contributed by atoms with van der Waals surface area (Å²) in [5, 5.41) is 7.70. The Bertz CT molecular complexity index is 543. The lowest BCUT2D eigenvalue weighted by Gasteiger charge is -2.20. The zero-order chi connectivity index (χ0) is 14.0.